The Bertz CT molecular complexity index is 1760. The van der Waals surface area contributed by atoms with E-state index in [1.165, 1.54) is 0 Å². The number of aromatic nitrogens is 2. The molecule has 0 amide bonds. The van der Waals surface area contributed by atoms with E-state index in [0.717, 1.165) is 51.4 Å². The fourth-order valence-electron chi connectivity index (χ4n) is 5.06. The smallest absolute Gasteiger partial charge is 0.243 e. The molecule has 38 heavy (non-hydrogen) atoms. The predicted octanol–water partition coefficient (Wildman–Crippen LogP) is 5.44. The van der Waals surface area contributed by atoms with Gasteiger partial charge in [0, 0.05) is 53.6 Å². The topological polar surface area (TPSA) is 78.4 Å². The Labute approximate surface area is 222 Å². The number of hydrogen-bond acceptors (Lipinski definition) is 6. The SMILES string of the molecule is Cc1ccc(-c2nnc(Nc3cccc4ccccc34)c3ccccc23)cc1S(=O)(=O)N1CCN(C)CC1. The summed E-state index contributed by atoms with van der Waals surface area (Å²) in [5.41, 5.74) is 3.05. The number of likely N-dealkylation sites (N-methyl/N-ethyl adjacent to an activating group) is 1. The summed E-state index contributed by atoms with van der Waals surface area (Å²) in [7, 11) is -1.61. The van der Waals surface area contributed by atoms with E-state index in [9.17, 15) is 8.42 Å². The van der Waals surface area contributed by atoms with Gasteiger partial charge in [0.05, 0.1) is 4.90 Å². The summed E-state index contributed by atoms with van der Waals surface area (Å²) in [5, 5.41) is 16.7. The number of nitrogens with zero attached hydrogens (tertiary/aromatic N) is 4. The average molecular weight is 524 g/mol. The van der Waals surface area contributed by atoms with Gasteiger partial charge in [0.25, 0.3) is 0 Å². The van der Waals surface area contributed by atoms with Crippen molar-refractivity contribution >= 4 is 43.1 Å². The molecule has 0 radical (unpaired) electrons. The first-order valence-corrected chi connectivity index (χ1v) is 14.2. The molecule has 0 bridgehead atoms. The third-order valence-corrected chi connectivity index (χ3v) is 9.31. The van der Waals surface area contributed by atoms with Gasteiger partial charge in [-0.3, -0.25) is 0 Å². The quantitative estimate of drug-likeness (QED) is 0.331. The van der Waals surface area contributed by atoms with Crippen molar-refractivity contribution in [1.82, 2.24) is 19.4 Å². The minimum absolute atomic E-state index is 0.323. The van der Waals surface area contributed by atoms with Crippen LogP contribution in [-0.4, -0.2) is 61.0 Å². The average Bonchev–Trinajstić information content (AvgIpc) is 2.94. The molecule has 5 aromatic rings. The molecule has 1 N–H and O–H groups in total. The number of piperazine rings is 1. The molecule has 192 valence electrons. The van der Waals surface area contributed by atoms with Crippen LogP contribution in [0.1, 0.15) is 5.56 Å². The molecule has 0 aliphatic carbocycles. The zero-order chi connectivity index (χ0) is 26.3. The first-order chi connectivity index (χ1) is 18.4. The van der Waals surface area contributed by atoms with E-state index in [2.05, 4.69) is 38.6 Å². The molecule has 1 fully saturated rings. The third kappa shape index (κ3) is 4.41. The lowest BCUT2D eigenvalue weighted by Crippen LogP contribution is -2.47. The second kappa shape index (κ2) is 9.79. The maximum atomic E-state index is 13.6. The van der Waals surface area contributed by atoms with Gasteiger partial charge in [-0.25, -0.2) is 8.42 Å². The lowest BCUT2D eigenvalue weighted by molar-refractivity contribution is 0.222. The summed E-state index contributed by atoms with van der Waals surface area (Å²) in [4.78, 5) is 2.47. The molecule has 1 aromatic heterocycles. The van der Waals surface area contributed by atoms with Crippen molar-refractivity contribution in [3.05, 3.63) is 90.5 Å². The van der Waals surface area contributed by atoms with Gasteiger partial charge in [0.1, 0.15) is 5.69 Å². The van der Waals surface area contributed by atoms with E-state index >= 15 is 0 Å². The van der Waals surface area contributed by atoms with Crippen LogP contribution in [-0.2, 0) is 10.0 Å². The van der Waals surface area contributed by atoms with E-state index in [-0.39, 0.29) is 0 Å². The van der Waals surface area contributed by atoms with Gasteiger partial charge in [0.15, 0.2) is 5.82 Å². The van der Waals surface area contributed by atoms with Crippen LogP contribution in [0.5, 0.6) is 0 Å². The van der Waals surface area contributed by atoms with Crippen molar-refractivity contribution in [2.45, 2.75) is 11.8 Å². The molecule has 2 heterocycles. The zero-order valence-corrected chi connectivity index (χ0v) is 22.2. The molecule has 0 unspecified atom stereocenters. The van der Waals surface area contributed by atoms with Crippen molar-refractivity contribution < 1.29 is 8.42 Å². The summed E-state index contributed by atoms with van der Waals surface area (Å²) in [5.74, 6) is 0.651. The molecule has 6 rings (SSSR count). The fraction of sp³-hybridized carbons (Fsp3) is 0.200. The highest BCUT2D eigenvalue weighted by Gasteiger charge is 2.29. The normalized spacial score (nSPS) is 15.2. The number of aryl methyl sites for hydroxylation is 1. The van der Waals surface area contributed by atoms with Gasteiger partial charge in [0.2, 0.25) is 10.0 Å². The second-order valence-electron chi connectivity index (χ2n) is 9.78. The van der Waals surface area contributed by atoms with Gasteiger partial charge in [-0.15, -0.1) is 10.2 Å². The molecule has 1 aliphatic heterocycles. The van der Waals surface area contributed by atoms with Crippen LogP contribution in [0.4, 0.5) is 11.5 Å². The molecular formula is C30H29N5O2S. The van der Waals surface area contributed by atoms with Crippen LogP contribution in [0.3, 0.4) is 0 Å². The highest BCUT2D eigenvalue weighted by Crippen LogP contribution is 2.34. The zero-order valence-electron chi connectivity index (χ0n) is 21.4. The molecule has 0 atom stereocenters. The lowest BCUT2D eigenvalue weighted by Gasteiger charge is -2.32. The van der Waals surface area contributed by atoms with Crippen LogP contribution < -0.4 is 5.32 Å². The Kier molecular flexibility index (Phi) is 6.31. The maximum absolute atomic E-state index is 13.6. The third-order valence-electron chi connectivity index (χ3n) is 7.27. The van der Waals surface area contributed by atoms with E-state index in [1.807, 2.05) is 74.6 Å². The monoisotopic (exact) mass is 523 g/mol. The van der Waals surface area contributed by atoms with Crippen molar-refractivity contribution in [2.75, 3.05) is 38.5 Å². The number of benzene rings is 4. The van der Waals surface area contributed by atoms with Crippen LogP contribution in [0.15, 0.2) is 89.8 Å². The summed E-state index contributed by atoms with van der Waals surface area (Å²) in [6.07, 6.45) is 0. The number of anilines is 2. The summed E-state index contributed by atoms with van der Waals surface area (Å²) >= 11 is 0. The number of sulfonamides is 1. The van der Waals surface area contributed by atoms with Gasteiger partial charge in [-0.05, 0) is 37.1 Å². The van der Waals surface area contributed by atoms with Crippen molar-refractivity contribution in [3.8, 4) is 11.3 Å². The van der Waals surface area contributed by atoms with Gasteiger partial charge >= 0.3 is 0 Å². The molecule has 4 aromatic carbocycles. The second-order valence-corrected chi connectivity index (χ2v) is 11.7. The molecule has 8 heteroatoms. The van der Waals surface area contributed by atoms with Crippen LogP contribution >= 0.6 is 0 Å². The Morgan fingerprint density at radius 2 is 1.45 bits per heavy atom. The largest absolute Gasteiger partial charge is 0.338 e. The van der Waals surface area contributed by atoms with E-state index < -0.39 is 10.0 Å². The highest BCUT2D eigenvalue weighted by atomic mass is 32.2. The number of fused-ring (bicyclic) bond motifs is 2. The lowest BCUT2D eigenvalue weighted by atomic mass is 10.0. The van der Waals surface area contributed by atoms with Gasteiger partial charge in [-0.2, -0.15) is 4.31 Å². The van der Waals surface area contributed by atoms with Crippen molar-refractivity contribution in [1.29, 1.82) is 0 Å². The fourth-order valence-corrected chi connectivity index (χ4v) is 6.74. The van der Waals surface area contributed by atoms with Crippen LogP contribution in [0.25, 0.3) is 32.8 Å². The minimum atomic E-state index is -3.62. The van der Waals surface area contributed by atoms with Gasteiger partial charge in [-0.1, -0.05) is 72.8 Å². The summed E-state index contributed by atoms with van der Waals surface area (Å²) in [6.45, 7) is 4.26. The van der Waals surface area contributed by atoms with Crippen molar-refractivity contribution in [2.24, 2.45) is 0 Å². The van der Waals surface area contributed by atoms with Crippen LogP contribution in [0.2, 0.25) is 0 Å². The Morgan fingerprint density at radius 3 is 2.24 bits per heavy atom. The number of nitrogens with one attached hydrogen (secondary N) is 1. The van der Waals surface area contributed by atoms with E-state index in [4.69, 9.17) is 0 Å². The standard InChI is InChI=1S/C30H29N5O2S/c1-21-14-15-23(20-28(21)38(36,37)35-18-16-34(2)17-19-35)29-25-11-5-6-12-26(25)30(33-32-29)31-27-13-7-9-22-8-3-4-10-24(22)27/h3-15,20H,16-19H2,1-2H3,(H,31,33). The summed E-state index contributed by atoms with van der Waals surface area (Å²) < 4.78 is 28.8. The van der Waals surface area contributed by atoms with Gasteiger partial charge < -0.3 is 10.2 Å². The molecule has 0 spiro atoms. The first kappa shape index (κ1) is 24.5. The predicted molar refractivity (Wildman–Crippen MR) is 153 cm³/mol. The highest BCUT2D eigenvalue weighted by molar-refractivity contribution is 7.89. The van der Waals surface area contributed by atoms with E-state index in [1.54, 1.807) is 10.4 Å². The maximum Gasteiger partial charge on any atom is 0.243 e. The molecule has 1 saturated heterocycles. The number of rotatable bonds is 5. The van der Waals surface area contributed by atoms with Crippen LogP contribution in [0, 0.1) is 6.92 Å². The molecule has 0 saturated carbocycles. The molecule has 7 nitrogen and oxygen atoms in total. The van der Waals surface area contributed by atoms with E-state index in [0.29, 0.717) is 29.5 Å². The minimum Gasteiger partial charge on any atom is -0.338 e. The number of hydrogen-bond donors (Lipinski definition) is 1. The Balaban J connectivity index is 1.42. The Morgan fingerprint density at radius 1 is 0.763 bits per heavy atom. The first-order valence-electron chi connectivity index (χ1n) is 12.7. The molecule has 1 aliphatic rings. The Hall–Kier alpha value is -3.85. The summed E-state index contributed by atoms with van der Waals surface area (Å²) in [6, 6.07) is 27.8. The van der Waals surface area contributed by atoms with Crippen molar-refractivity contribution in [3.63, 3.8) is 0 Å². The molecular weight excluding hydrogens is 494 g/mol.